The molecule has 3 heteroatoms. The number of likely N-dealkylation sites (N-methyl/N-ethyl adjacent to an activating group) is 1. The smallest absolute Gasteiger partial charge is 0.124 e. The zero-order chi connectivity index (χ0) is 11.7. The molecule has 1 aliphatic rings. The fourth-order valence-electron chi connectivity index (χ4n) is 2.32. The van der Waals surface area contributed by atoms with Crippen molar-refractivity contribution in [3.63, 3.8) is 0 Å². The molecule has 0 aliphatic carbocycles. The van der Waals surface area contributed by atoms with E-state index in [9.17, 15) is 9.90 Å². The number of aldehydes is 1. The Morgan fingerprint density at radius 1 is 1.56 bits per heavy atom. The van der Waals surface area contributed by atoms with Gasteiger partial charge in [0.25, 0.3) is 0 Å². The third-order valence-electron chi connectivity index (χ3n) is 3.38. The van der Waals surface area contributed by atoms with E-state index in [1.54, 1.807) is 0 Å². The Balaban J connectivity index is 2.40. The largest absolute Gasteiger partial charge is 0.507 e. The third-order valence-corrected chi connectivity index (χ3v) is 3.38. The predicted molar refractivity (Wildman–Crippen MR) is 64.2 cm³/mol. The van der Waals surface area contributed by atoms with E-state index in [4.69, 9.17) is 0 Å². The number of nitrogens with zero attached hydrogens (tertiary/aromatic N) is 1. The number of phenolic OH excluding ortho intramolecular Hbond substituents is 1. The maximum atomic E-state index is 10.5. The summed E-state index contributed by atoms with van der Waals surface area (Å²) in [5.74, 6) is 0.477. The SMILES string of the molecule is CC(CC=O)c1ccc2c(c1O)CCN2C. The van der Waals surface area contributed by atoms with E-state index in [0.29, 0.717) is 12.2 Å². The van der Waals surface area contributed by atoms with E-state index in [2.05, 4.69) is 4.90 Å². The maximum absolute atomic E-state index is 10.5. The Morgan fingerprint density at radius 3 is 3.00 bits per heavy atom. The lowest BCUT2D eigenvalue weighted by Gasteiger charge is -2.16. The summed E-state index contributed by atoms with van der Waals surface area (Å²) < 4.78 is 0. The number of carbonyl (C=O) groups excluding carboxylic acids is 1. The number of hydrogen-bond donors (Lipinski definition) is 1. The standard InChI is InChI=1S/C13H17NO2/c1-9(6-8-15)10-3-4-12-11(13(10)16)5-7-14(12)2/h3-4,8-9,16H,5-7H2,1-2H3. The Labute approximate surface area is 95.7 Å². The van der Waals surface area contributed by atoms with Crippen LogP contribution in [0.2, 0.25) is 0 Å². The van der Waals surface area contributed by atoms with Gasteiger partial charge in [-0.05, 0) is 24.0 Å². The van der Waals surface area contributed by atoms with E-state index in [0.717, 1.165) is 36.1 Å². The van der Waals surface area contributed by atoms with Crippen molar-refractivity contribution in [1.82, 2.24) is 0 Å². The summed E-state index contributed by atoms with van der Waals surface area (Å²) in [5.41, 5.74) is 3.03. The van der Waals surface area contributed by atoms with Crippen LogP contribution in [0.4, 0.5) is 5.69 Å². The van der Waals surface area contributed by atoms with Gasteiger partial charge in [-0.2, -0.15) is 0 Å². The van der Waals surface area contributed by atoms with Crippen LogP contribution in [0.15, 0.2) is 12.1 Å². The highest BCUT2D eigenvalue weighted by Crippen LogP contribution is 2.39. The summed E-state index contributed by atoms with van der Waals surface area (Å²) in [6, 6.07) is 3.98. The van der Waals surface area contributed by atoms with Gasteiger partial charge in [0, 0.05) is 31.3 Å². The summed E-state index contributed by atoms with van der Waals surface area (Å²) in [5, 5.41) is 10.2. The van der Waals surface area contributed by atoms with Crippen molar-refractivity contribution in [2.24, 2.45) is 0 Å². The first kappa shape index (κ1) is 11.0. The lowest BCUT2D eigenvalue weighted by Crippen LogP contribution is -2.12. The number of hydrogen-bond acceptors (Lipinski definition) is 3. The molecule has 2 rings (SSSR count). The molecule has 1 atom stereocenters. The first-order valence-corrected chi connectivity index (χ1v) is 5.64. The minimum atomic E-state index is 0.0914. The summed E-state index contributed by atoms with van der Waals surface area (Å²) in [4.78, 5) is 12.6. The van der Waals surface area contributed by atoms with Crippen LogP contribution in [0.1, 0.15) is 30.4 Å². The van der Waals surface area contributed by atoms with E-state index in [-0.39, 0.29) is 5.92 Å². The fourth-order valence-corrected chi connectivity index (χ4v) is 2.32. The van der Waals surface area contributed by atoms with Gasteiger partial charge in [0.05, 0.1) is 0 Å². The molecule has 0 saturated heterocycles. The number of anilines is 1. The lowest BCUT2D eigenvalue weighted by atomic mass is 9.94. The molecule has 0 saturated carbocycles. The zero-order valence-electron chi connectivity index (χ0n) is 9.73. The van der Waals surface area contributed by atoms with Crippen LogP contribution < -0.4 is 4.90 Å². The number of benzene rings is 1. The zero-order valence-corrected chi connectivity index (χ0v) is 9.73. The molecule has 16 heavy (non-hydrogen) atoms. The van der Waals surface area contributed by atoms with Crippen LogP contribution in [0.5, 0.6) is 5.75 Å². The van der Waals surface area contributed by atoms with Crippen molar-refractivity contribution in [2.75, 3.05) is 18.5 Å². The average molecular weight is 219 g/mol. The van der Waals surface area contributed by atoms with Crippen molar-refractivity contribution in [3.8, 4) is 5.75 Å². The predicted octanol–water partition coefficient (Wildman–Crippen LogP) is 2.08. The molecule has 1 heterocycles. The second kappa shape index (κ2) is 4.16. The van der Waals surface area contributed by atoms with E-state index in [1.807, 2.05) is 26.1 Å². The summed E-state index contributed by atoms with van der Waals surface area (Å²) >= 11 is 0. The first-order chi connectivity index (χ1) is 7.65. The molecule has 0 amide bonds. The number of phenols is 1. The minimum absolute atomic E-state index is 0.0914. The van der Waals surface area contributed by atoms with Gasteiger partial charge in [-0.1, -0.05) is 13.0 Å². The minimum Gasteiger partial charge on any atom is -0.507 e. The van der Waals surface area contributed by atoms with E-state index >= 15 is 0 Å². The summed E-state index contributed by atoms with van der Waals surface area (Å²) in [6.07, 6.45) is 2.25. The second-order valence-electron chi connectivity index (χ2n) is 4.48. The van der Waals surface area contributed by atoms with Crippen LogP contribution in [0, 0.1) is 0 Å². The Hall–Kier alpha value is -1.51. The highest BCUT2D eigenvalue weighted by Gasteiger charge is 2.22. The van der Waals surface area contributed by atoms with Gasteiger partial charge in [0.15, 0.2) is 0 Å². The quantitative estimate of drug-likeness (QED) is 0.791. The second-order valence-corrected chi connectivity index (χ2v) is 4.48. The summed E-state index contributed by atoms with van der Waals surface area (Å²) in [6.45, 7) is 2.92. The number of rotatable bonds is 3. The monoisotopic (exact) mass is 219 g/mol. The molecule has 0 fully saturated rings. The molecule has 1 aromatic rings. The van der Waals surface area contributed by atoms with Gasteiger partial charge in [0.1, 0.15) is 12.0 Å². The molecule has 0 bridgehead atoms. The van der Waals surface area contributed by atoms with Crippen LogP contribution >= 0.6 is 0 Å². The molecular weight excluding hydrogens is 202 g/mol. The van der Waals surface area contributed by atoms with Crippen molar-refractivity contribution >= 4 is 12.0 Å². The number of fused-ring (bicyclic) bond motifs is 1. The highest BCUT2D eigenvalue weighted by atomic mass is 16.3. The highest BCUT2D eigenvalue weighted by molar-refractivity contribution is 5.65. The maximum Gasteiger partial charge on any atom is 0.124 e. The molecular formula is C13H17NO2. The van der Waals surface area contributed by atoms with Gasteiger partial charge in [0.2, 0.25) is 0 Å². The Kier molecular flexibility index (Phi) is 2.86. The third kappa shape index (κ3) is 1.66. The van der Waals surface area contributed by atoms with Crippen LogP contribution in [-0.4, -0.2) is 25.0 Å². The molecule has 0 radical (unpaired) electrons. The average Bonchev–Trinajstić information content (AvgIpc) is 2.62. The molecule has 1 aromatic carbocycles. The normalized spacial score (nSPS) is 16.0. The van der Waals surface area contributed by atoms with Gasteiger partial charge in [-0.15, -0.1) is 0 Å². The van der Waals surface area contributed by atoms with Crippen LogP contribution in [0.3, 0.4) is 0 Å². The topological polar surface area (TPSA) is 40.5 Å². The fraction of sp³-hybridized carbons (Fsp3) is 0.462. The lowest BCUT2D eigenvalue weighted by molar-refractivity contribution is -0.108. The molecule has 0 aromatic heterocycles. The van der Waals surface area contributed by atoms with E-state index < -0.39 is 0 Å². The van der Waals surface area contributed by atoms with Crippen molar-refractivity contribution in [3.05, 3.63) is 23.3 Å². The summed E-state index contributed by atoms with van der Waals surface area (Å²) in [7, 11) is 2.03. The molecule has 3 nitrogen and oxygen atoms in total. The molecule has 1 unspecified atom stereocenters. The number of aromatic hydroxyl groups is 1. The number of carbonyl (C=O) groups is 1. The van der Waals surface area contributed by atoms with Crippen molar-refractivity contribution in [1.29, 1.82) is 0 Å². The van der Waals surface area contributed by atoms with Gasteiger partial charge >= 0.3 is 0 Å². The Bertz CT molecular complexity index is 415. The Morgan fingerprint density at radius 2 is 2.31 bits per heavy atom. The molecule has 1 aliphatic heterocycles. The first-order valence-electron chi connectivity index (χ1n) is 5.64. The molecule has 86 valence electrons. The van der Waals surface area contributed by atoms with Crippen molar-refractivity contribution in [2.45, 2.75) is 25.7 Å². The van der Waals surface area contributed by atoms with Gasteiger partial charge in [-0.3, -0.25) is 0 Å². The molecule has 1 N–H and O–H groups in total. The van der Waals surface area contributed by atoms with E-state index in [1.165, 1.54) is 0 Å². The van der Waals surface area contributed by atoms with Crippen LogP contribution in [0.25, 0.3) is 0 Å². The molecule has 0 spiro atoms. The van der Waals surface area contributed by atoms with Crippen molar-refractivity contribution < 1.29 is 9.90 Å². The van der Waals surface area contributed by atoms with Crippen LogP contribution in [-0.2, 0) is 11.2 Å². The van der Waals surface area contributed by atoms with Gasteiger partial charge in [-0.25, -0.2) is 0 Å². The van der Waals surface area contributed by atoms with Gasteiger partial charge < -0.3 is 14.8 Å².